The molecule has 0 saturated carbocycles. The molecule has 0 saturated heterocycles. The number of amides is 4. The Balaban J connectivity index is 0.00000155. The predicted molar refractivity (Wildman–Crippen MR) is 235 cm³/mol. The summed E-state index contributed by atoms with van der Waals surface area (Å²) in [6.45, 7) is 4.90. The molecule has 0 aliphatic heterocycles. The average molecular weight is 992 g/mol. The van der Waals surface area contributed by atoms with Crippen molar-refractivity contribution in [1.82, 2.24) is 25.4 Å². The van der Waals surface area contributed by atoms with E-state index in [1.807, 2.05) is 51.1 Å². The number of carboxylic acid groups (broad SMARTS) is 4. The number of carboxylic acids is 4. The molecule has 2 aromatic carbocycles. The first-order chi connectivity index (χ1) is 31.4. The highest BCUT2D eigenvalue weighted by Crippen LogP contribution is 2.41. The normalized spacial score (nSPS) is 13.3. The molecule has 26 heteroatoms. The number of nitrogens with two attached hydrogens (primary N) is 2. The molecular formula is C42H54F5N7O13S. The maximum absolute atomic E-state index is 15.0. The standard InChI is InChI=1S/C37H46F2N6O9S.C3H7NO2.C2HF3O2/c1-37(2,3)33(28-13-22(24-14-23(38)9-10-25(24)39)19-44(28)18-21-7-5-4-6-8-21)45(31(48)20-46)12-11-26(40)34(51)43-27(36(53)54)16-41-30(47)17-42-35(52)29(55)15-32(49)50;1-2(4)3(5)6;3-2(4,5)1(6)7/h4-10,13-14,19,26-27,29,33,46,55H,11-12,15-18,20,40H2,1-3H3,(H,41,47)(H,42,52)(H,43,51)(H,49,50)(H,53,54);2H,4H2,1H3,(H,5,6);(H,6,7)/t26-,27?,29?,33-;2-;/m00./s1. The zero-order chi connectivity index (χ0) is 52.3. The molecule has 4 amide bonds. The summed E-state index contributed by atoms with van der Waals surface area (Å²) in [5, 5.41) is 48.9. The van der Waals surface area contributed by atoms with Gasteiger partial charge < -0.3 is 62.4 Å². The van der Waals surface area contributed by atoms with Crippen molar-refractivity contribution in [1.29, 1.82) is 0 Å². The topological polar surface area (TPSA) is 334 Å². The lowest BCUT2D eigenvalue weighted by Gasteiger charge is -2.41. The zero-order valence-electron chi connectivity index (χ0n) is 37.0. The molecule has 1 aromatic heterocycles. The van der Waals surface area contributed by atoms with Crippen molar-refractivity contribution in [2.45, 2.75) is 82.7 Å². The third-order valence-corrected chi connectivity index (χ3v) is 9.51. The third kappa shape index (κ3) is 20.5. The molecule has 68 heavy (non-hydrogen) atoms. The fourth-order valence-corrected chi connectivity index (χ4v) is 6.06. The van der Waals surface area contributed by atoms with E-state index >= 15 is 4.39 Å². The smallest absolute Gasteiger partial charge is 0.481 e. The molecule has 0 radical (unpaired) electrons. The number of aliphatic carboxylic acids is 4. The number of alkyl halides is 3. The summed E-state index contributed by atoms with van der Waals surface area (Å²) in [6.07, 6.45) is -4.23. The number of hydrogen-bond acceptors (Lipinski definition) is 12. The van der Waals surface area contributed by atoms with Crippen molar-refractivity contribution in [3.8, 4) is 11.1 Å². The van der Waals surface area contributed by atoms with Crippen LogP contribution in [0.25, 0.3) is 11.1 Å². The SMILES string of the molecule is CC(C)(C)[C@H](c1cc(-c2cc(F)ccc2F)cn1Cc1ccccc1)N(CC[C@H](N)C(=O)NC(CNC(=O)CNC(=O)C(S)CC(=O)O)C(=O)O)C(=O)CO.C[C@H](N)C(=O)O.O=C(O)C(F)(F)F. The van der Waals surface area contributed by atoms with Crippen LogP contribution in [-0.2, 0) is 44.9 Å². The molecule has 20 nitrogen and oxygen atoms in total. The van der Waals surface area contributed by atoms with Crippen LogP contribution in [0.15, 0.2) is 60.8 Å². The van der Waals surface area contributed by atoms with Crippen molar-refractivity contribution in [3.05, 3.63) is 83.7 Å². The van der Waals surface area contributed by atoms with E-state index < -0.39 is 126 Å². The summed E-state index contributed by atoms with van der Waals surface area (Å²) in [5.74, 6) is -11.1. The molecule has 376 valence electrons. The Morgan fingerprint density at radius 2 is 1.43 bits per heavy atom. The highest BCUT2D eigenvalue weighted by molar-refractivity contribution is 7.81. The second-order valence-corrected chi connectivity index (χ2v) is 16.4. The van der Waals surface area contributed by atoms with Gasteiger partial charge in [-0.15, -0.1) is 0 Å². The molecule has 12 N–H and O–H groups in total. The van der Waals surface area contributed by atoms with Gasteiger partial charge in [-0.1, -0.05) is 51.1 Å². The number of benzene rings is 2. The lowest BCUT2D eigenvalue weighted by Crippen LogP contribution is -2.54. The van der Waals surface area contributed by atoms with Gasteiger partial charge in [0.2, 0.25) is 23.6 Å². The summed E-state index contributed by atoms with van der Waals surface area (Å²) in [4.78, 5) is 93.1. The van der Waals surface area contributed by atoms with Gasteiger partial charge in [-0.05, 0) is 48.6 Å². The summed E-state index contributed by atoms with van der Waals surface area (Å²) < 4.78 is 62.9. The van der Waals surface area contributed by atoms with E-state index in [1.165, 1.54) is 11.8 Å². The quantitative estimate of drug-likeness (QED) is 0.0567. The van der Waals surface area contributed by atoms with Gasteiger partial charge >= 0.3 is 30.1 Å². The number of thiol groups is 1. The molecule has 1 heterocycles. The van der Waals surface area contributed by atoms with Gasteiger partial charge in [-0.25, -0.2) is 18.4 Å². The molecule has 0 aliphatic rings. The van der Waals surface area contributed by atoms with Crippen LogP contribution >= 0.6 is 12.6 Å². The van der Waals surface area contributed by atoms with Crippen LogP contribution in [0.2, 0.25) is 0 Å². The van der Waals surface area contributed by atoms with Gasteiger partial charge in [0.15, 0.2) is 0 Å². The van der Waals surface area contributed by atoms with Crippen molar-refractivity contribution in [2.75, 3.05) is 26.2 Å². The van der Waals surface area contributed by atoms with Crippen molar-refractivity contribution in [2.24, 2.45) is 16.9 Å². The second-order valence-electron chi connectivity index (χ2n) is 15.8. The lowest BCUT2D eigenvalue weighted by atomic mass is 9.82. The highest BCUT2D eigenvalue weighted by Gasteiger charge is 2.39. The first-order valence-electron chi connectivity index (χ1n) is 20.0. The Kier molecular flexibility index (Phi) is 23.8. The van der Waals surface area contributed by atoms with Crippen LogP contribution in [0.4, 0.5) is 22.0 Å². The zero-order valence-corrected chi connectivity index (χ0v) is 37.9. The molecule has 5 atom stereocenters. The van der Waals surface area contributed by atoms with Crippen LogP contribution in [-0.4, -0.2) is 138 Å². The lowest BCUT2D eigenvalue weighted by molar-refractivity contribution is -0.192. The minimum Gasteiger partial charge on any atom is -0.481 e. The van der Waals surface area contributed by atoms with Crippen molar-refractivity contribution >= 4 is 60.1 Å². The first kappa shape index (κ1) is 59.4. The van der Waals surface area contributed by atoms with E-state index in [1.54, 1.807) is 16.8 Å². The first-order valence-corrected chi connectivity index (χ1v) is 20.5. The Bertz CT molecular complexity index is 2220. The molecule has 0 fully saturated rings. The molecule has 2 unspecified atom stereocenters. The monoisotopic (exact) mass is 991 g/mol. The van der Waals surface area contributed by atoms with Gasteiger partial charge in [-0.3, -0.25) is 28.8 Å². The van der Waals surface area contributed by atoms with Gasteiger partial charge in [0.05, 0.1) is 30.3 Å². The van der Waals surface area contributed by atoms with Gasteiger partial charge in [0.25, 0.3) is 0 Å². The highest BCUT2D eigenvalue weighted by atomic mass is 32.1. The largest absolute Gasteiger partial charge is 0.490 e. The number of hydrogen-bond donors (Lipinski definition) is 11. The molecular weight excluding hydrogens is 938 g/mol. The molecule has 0 bridgehead atoms. The van der Waals surface area contributed by atoms with Crippen LogP contribution in [0.5, 0.6) is 0 Å². The Labute approximate surface area is 391 Å². The van der Waals surface area contributed by atoms with E-state index in [-0.39, 0.29) is 25.1 Å². The Hall–Kier alpha value is -6.64. The minimum atomic E-state index is -5.08. The number of halogens is 5. The molecule has 0 spiro atoms. The maximum Gasteiger partial charge on any atom is 0.490 e. The third-order valence-electron chi connectivity index (χ3n) is 9.09. The van der Waals surface area contributed by atoms with Gasteiger partial charge in [0, 0.05) is 42.7 Å². The van der Waals surface area contributed by atoms with E-state index in [4.69, 9.17) is 31.6 Å². The second kappa shape index (κ2) is 27.2. The molecule has 0 aliphatic carbocycles. The van der Waals surface area contributed by atoms with Gasteiger partial charge in [-0.2, -0.15) is 25.8 Å². The summed E-state index contributed by atoms with van der Waals surface area (Å²) in [6, 6.07) is 9.44. The van der Waals surface area contributed by atoms with Crippen LogP contribution < -0.4 is 27.4 Å². The predicted octanol–water partition coefficient (Wildman–Crippen LogP) is 1.73. The van der Waals surface area contributed by atoms with Crippen molar-refractivity contribution in [3.63, 3.8) is 0 Å². The van der Waals surface area contributed by atoms with E-state index in [0.29, 0.717) is 11.3 Å². The van der Waals surface area contributed by atoms with Crippen LogP contribution in [0.3, 0.4) is 0 Å². The van der Waals surface area contributed by atoms with Gasteiger partial charge in [0.1, 0.15) is 30.3 Å². The van der Waals surface area contributed by atoms with Crippen LogP contribution in [0.1, 0.15) is 57.8 Å². The number of aliphatic hydroxyl groups excluding tert-OH is 1. The number of nitrogens with zero attached hydrogens (tertiary/aromatic N) is 2. The fraction of sp³-hybridized carbons (Fsp3) is 0.429. The molecule has 3 aromatic rings. The van der Waals surface area contributed by atoms with E-state index in [0.717, 1.165) is 23.8 Å². The minimum absolute atomic E-state index is 0.00425. The number of aliphatic hydroxyl groups is 1. The van der Waals surface area contributed by atoms with E-state index in [9.17, 15) is 61.3 Å². The number of rotatable bonds is 20. The average Bonchev–Trinajstić information content (AvgIpc) is 3.64. The number of nitrogens with one attached hydrogen (secondary N) is 3. The van der Waals surface area contributed by atoms with Crippen LogP contribution in [0, 0.1) is 17.0 Å². The number of aromatic nitrogens is 1. The summed E-state index contributed by atoms with van der Waals surface area (Å²) >= 11 is 3.85. The summed E-state index contributed by atoms with van der Waals surface area (Å²) in [5.41, 5.74) is 12.0. The molecule has 3 rings (SSSR count). The fourth-order valence-electron chi connectivity index (χ4n) is 5.81. The maximum atomic E-state index is 15.0. The van der Waals surface area contributed by atoms with E-state index in [2.05, 4.69) is 28.6 Å². The summed E-state index contributed by atoms with van der Waals surface area (Å²) in [7, 11) is 0. The van der Waals surface area contributed by atoms with Crippen molar-refractivity contribution < 1.29 is 85.8 Å². The number of carbonyl (C=O) groups is 8. The Morgan fingerprint density at radius 3 is 1.91 bits per heavy atom. The Morgan fingerprint density at radius 1 is 0.853 bits per heavy atom. The number of carbonyl (C=O) groups excluding carboxylic acids is 4.